The van der Waals surface area contributed by atoms with E-state index in [9.17, 15) is 14.3 Å². The van der Waals surface area contributed by atoms with Crippen molar-refractivity contribution in [2.24, 2.45) is 0 Å². The van der Waals surface area contributed by atoms with Crippen molar-refractivity contribution < 1.29 is 14.3 Å². The Bertz CT molecular complexity index is 509. The summed E-state index contributed by atoms with van der Waals surface area (Å²) < 4.78 is 14.0. The monoisotopic (exact) mass is 343 g/mol. The van der Waals surface area contributed by atoms with Crippen molar-refractivity contribution in [2.45, 2.75) is 44.7 Å². The first-order valence-electron chi connectivity index (χ1n) is 6.92. The SMILES string of the molecule is CCCC1(C(=O)O)CCCN1Cc1cccc(F)c1Br. The highest BCUT2D eigenvalue weighted by atomic mass is 79.9. The molecule has 1 unspecified atom stereocenters. The quantitative estimate of drug-likeness (QED) is 0.883. The van der Waals surface area contributed by atoms with Crippen molar-refractivity contribution in [1.82, 2.24) is 4.90 Å². The maximum atomic E-state index is 13.6. The smallest absolute Gasteiger partial charge is 0.324 e. The Labute approximate surface area is 126 Å². The third-order valence-corrected chi connectivity index (χ3v) is 4.97. The topological polar surface area (TPSA) is 40.5 Å². The Kier molecular flexibility index (Phi) is 4.81. The van der Waals surface area contributed by atoms with Crippen molar-refractivity contribution >= 4 is 21.9 Å². The zero-order chi connectivity index (χ0) is 14.8. The van der Waals surface area contributed by atoms with Crippen molar-refractivity contribution in [3.05, 3.63) is 34.1 Å². The van der Waals surface area contributed by atoms with E-state index >= 15 is 0 Å². The van der Waals surface area contributed by atoms with E-state index in [2.05, 4.69) is 15.9 Å². The number of likely N-dealkylation sites (tertiary alicyclic amines) is 1. The lowest BCUT2D eigenvalue weighted by molar-refractivity contribution is -0.150. The summed E-state index contributed by atoms with van der Waals surface area (Å²) in [5, 5.41) is 9.64. The molecule has 0 saturated carbocycles. The highest BCUT2D eigenvalue weighted by molar-refractivity contribution is 9.10. The lowest BCUT2D eigenvalue weighted by Crippen LogP contribution is -2.50. The van der Waals surface area contributed by atoms with Gasteiger partial charge < -0.3 is 5.11 Å². The molecule has 0 aromatic heterocycles. The highest BCUT2D eigenvalue weighted by Gasteiger charge is 2.46. The number of carbonyl (C=O) groups is 1. The van der Waals surface area contributed by atoms with E-state index in [1.54, 1.807) is 6.07 Å². The van der Waals surface area contributed by atoms with Crippen LogP contribution in [0.15, 0.2) is 22.7 Å². The van der Waals surface area contributed by atoms with Crippen LogP contribution in [0.5, 0.6) is 0 Å². The summed E-state index contributed by atoms with van der Waals surface area (Å²) >= 11 is 3.25. The fourth-order valence-electron chi connectivity index (χ4n) is 3.09. The molecule has 110 valence electrons. The van der Waals surface area contributed by atoms with Crippen LogP contribution in [-0.4, -0.2) is 28.1 Å². The molecule has 0 bridgehead atoms. The highest BCUT2D eigenvalue weighted by Crippen LogP contribution is 2.36. The van der Waals surface area contributed by atoms with Crippen molar-refractivity contribution in [3.8, 4) is 0 Å². The van der Waals surface area contributed by atoms with E-state index in [0.29, 0.717) is 23.9 Å². The predicted octanol–water partition coefficient (Wildman–Crippen LogP) is 3.81. The number of nitrogens with zero attached hydrogens (tertiary/aromatic N) is 1. The molecule has 20 heavy (non-hydrogen) atoms. The first-order valence-corrected chi connectivity index (χ1v) is 7.72. The molecule has 0 amide bonds. The summed E-state index contributed by atoms with van der Waals surface area (Å²) in [6.07, 6.45) is 3.00. The molecule has 0 spiro atoms. The van der Waals surface area contributed by atoms with Gasteiger partial charge in [-0.25, -0.2) is 4.39 Å². The minimum absolute atomic E-state index is 0.307. The second kappa shape index (κ2) is 6.22. The van der Waals surface area contributed by atoms with Crippen molar-refractivity contribution in [3.63, 3.8) is 0 Å². The maximum Gasteiger partial charge on any atom is 0.324 e. The van der Waals surface area contributed by atoms with E-state index in [1.165, 1.54) is 6.07 Å². The molecular weight excluding hydrogens is 325 g/mol. The van der Waals surface area contributed by atoms with Crippen LogP contribution in [0.4, 0.5) is 4.39 Å². The standard InChI is InChI=1S/C15H19BrFNO2/c1-2-7-15(14(19)20)8-4-9-18(15)10-11-5-3-6-12(17)13(11)16/h3,5-6H,2,4,7-10H2,1H3,(H,19,20). The maximum absolute atomic E-state index is 13.6. The Morgan fingerprint density at radius 1 is 1.55 bits per heavy atom. The van der Waals surface area contributed by atoms with E-state index in [1.807, 2.05) is 17.9 Å². The van der Waals surface area contributed by atoms with E-state index in [4.69, 9.17) is 0 Å². The number of aliphatic carboxylic acids is 1. The van der Waals surface area contributed by atoms with Crippen LogP contribution in [0.3, 0.4) is 0 Å². The number of carboxylic acid groups (broad SMARTS) is 1. The third kappa shape index (κ3) is 2.74. The van der Waals surface area contributed by atoms with Crippen molar-refractivity contribution in [2.75, 3.05) is 6.54 Å². The van der Waals surface area contributed by atoms with Gasteiger partial charge in [-0.1, -0.05) is 25.5 Å². The third-order valence-electron chi connectivity index (χ3n) is 4.08. The van der Waals surface area contributed by atoms with Crippen LogP contribution in [0.25, 0.3) is 0 Å². The Hall–Kier alpha value is -0.940. The predicted molar refractivity (Wildman–Crippen MR) is 79.0 cm³/mol. The lowest BCUT2D eigenvalue weighted by Gasteiger charge is -2.35. The lowest BCUT2D eigenvalue weighted by atomic mass is 9.90. The molecule has 1 fully saturated rings. The van der Waals surface area contributed by atoms with Crippen LogP contribution in [0.1, 0.15) is 38.2 Å². The van der Waals surface area contributed by atoms with Crippen LogP contribution in [0.2, 0.25) is 0 Å². The van der Waals surface area contributed by atoms with Gasteiger partial charge in [0, 0.05) is 6.54 Å². The van der Waals surface area contributed by atoms with Crippen LogP contribution in [-0.2, 0) is 11.3 Å². The summed E-state index contributed by atoms with van der Waals surface area (Å²) in [6.45, 7) is 3.21. The fourth-order valence-corrected chi connectivity index (χ4v) is 3.48. The molecule has 1 aromatic rings. The number of halogens is 2. The zero-order valence-corrected chi connectivity index (χ0v) is 13.1. The number of hydrogen-bond donors (Lipinski definition) is 1. The summed E-state index contributed by atoms with van der Waals surface area (Å²) in [7, 11) is 0. The van der Waals surface area contributed by atoms with Gasteiger partial charge in [0.05, 0.1) is 4.47 Å². The van der Waals surface area contributed by atoms with Gasteiger partial charge in [0.1, 0.15) is 11.4 Å². The number of carboxylic acids is 1. The Balaban J connectivity index is 2.27. The van der Waals surface area contributed by atoms with Crippen LogP contribution >= 0.6 is 15.9 Å². The first kappa shape index (κ1) is 15.4. The molecular formula is C15H19BrFNO2. The Morgan fingerprint density at radius 3 is 2.95 bits per heavy atom. The average molecular weight is 344 g/mol. The van der Waals surface area contributed by atoms with Gasteiger partial charge in [0.15, 0.2) is 0 Å². The number of hydrogen-bond acceptors (Lipinski definition) is 2. The average Bonchev–Trinajstić information content (AvgIpc) is 2.80. The molecule has 0 radical (unpaired) electrons. The largest absolute Gasteiger partial charge is 0.480 e. The fraction of sp³-hybridized carbons (Fsp3) is 0.533. The second-order valence-electron chi connectivity index (χ2n) is 5.32. The molecule has 2 rings (SSSR count). The molecule has 1 heterocycles. The van der Waals surface area contributed by atoms with Crippen LogP contribution in [0, 0.1) is 5.82 Å². The van der Waals surface area contributed by atoms with Gasteiger partial charge >= 0.3 is 5.97 Å². The van der Waals surface area contributed by atoms with Gasteiger partial charge in [-0.15, -0.1) is 0 Å². The van der Waals surface area contributed by atoms with Gasteiger partial charge in [-0.3, -0.25) is 9.69 Å². The van der Waals surface area contributed by atoms with Gasteiger partial charge in [-0.2, -0.15) is 0 Å². The van der Waals surface area contributed by atoms with Gasteiger partial charge in [0.2, 0.25) is 0 Å². The molecule has 1 aliphatic rings. The minimum Gasteiger partial charge on any atom is -0.480 e. The van der Waals surface area contributed by atoms with Crippen molar-refractivity contribution in [1.29, 1.82) is 0 Å². The molecule has 1 aliphatic heterocycles. The van der Waals surface area contributed by atoms with E-state index in [0.717, 1.165) is 24.9 Å². The second-order valence-corrected chi connectivity index (χ2v) is 6.12. The van der Waals surface area contributed by atoms with E-state index in [-0.39, 0.29) is 5.82 Å². The molecule has 1 aromatic carbocycles. The summed E-state index contributed by atoms with van der Waals surface area (Å²) in [4.78, 5) is 13.7. The molecule has 3 nitrogen and oxygen atoms in total. The Morgan fingerprint density at radius 2 is 2.30 bits per heavy atom. The molecule has 1 N–H and O–H groups in total. The summed E-state index contributed by atoms with van der Waals surface area (Å²) in [6, 6.07) is 4.89. The van der Waals surface area contributed by atoms with E-state index < -0.39 is 11.5 Å². The summed E-state index contributed by atoms with van der Waals surface area (Å²) in [5.41, 5.74) is 0.00849. The number of benzene rings is 1. The first-order chi connectivity index (χ1) is 9.51. The zero-order valence-electron chi connectivity index (χ0n) is 11.5. The van der Waals surface area contributed by atoms with Crippen LogP contribution < -0.4 is 0 Å². The van der Waals surface area contributed by atoms with Gasteiger partial charge in [0.25, 0.3) is 0 Å². The minimum atomic E-state index is -0.791. The molecule has 5 heteroatoms. The summed E-state index contributed by atoms with van der Waals surface area (Å²) in [5.74, 6) is -1.07. The number of rotatable bonds is 5. The molecule has 1 atom stereocenters. The molecule has 1 saturated heterocycles. The van der Waals surface area contributed by atoms with Gasteiger partial charge in [-0.05, 0) is 53.4 Å². The molecule has 0 aliphatic carbocycles. The normalized spacial score (nSPS) is 23.1.